The van der Waals surface area contributed by atoms with Crippen LogP contribution < -0.4 is 5.73 Å². The summed E-state index contributed by atoms with van der Waals surface area (Å²) >= 11 is 0. The maximum Gasteiger partial charge on any atom is 0.414 e. The lowest BCUT2D eigenvalue weighted by molar-refractivity contribution is -0.892. The molecule has 3 rings (SSSR count). The molecule has 3 fully saturated rings. The molecule has 1 atom stereocenters. The van der Waals surface area contributed by atoms with Gasteiger partial charge < -0.3 is 10.5 Å². The highest BCUT2D eigenvalue weighted by molar-refractivity contribution is 5.64. The Morgan fingerprint density at radius 3 is 2.47 bits per heavy atom. The first-order valence-corrected chi connectivity index (χ1v) is 7.79. The predicted molar refractivity (Wildman–Crippen MR) is 74.5 cm³/mol. The number of piperidine rings is 3. The smallest absolute Gasteiger partial charge is 0.319 e. The predicted octanol–water partition coefficient (Wildman–Crippen LogP) is 2.60. The molecular weight excluding hydrogens is 240 g/mol. The van der Waals surface area contributed by atoms with Crippen molar-refractivity contribution >= 4 is 12.3 Å². The number of urea groups is 1. The van der Waals surface area contributed by atoms with Gasteiger partial charge in [0.15, 0.2) is 0 Å². The van der Waals surface area contributed by atoms with Crippen LogP contribution in [0, 0.1) is 5.92 Å². The molecule has 2 amide bonds. The number of nitrogens with two attached hydrogens (primary N) is 1. The highest BCUT2D eigenvalue weighted by atomic mass is 16.2. The Hall–Kier alpha value is -0.900. The van der Waals surface area contributed by atoms with Crippen molar-refractivity contribution in [2.75, 3.05) is 13.1 Å². The minimum atomic E-state index is -0.107. The van der Waals surface area contributed by atoms with Gasteiger partial charge in [0.1, 0.15) is 6.29 Å². The number of primary amides is 1. The summed E-state index contributed by atoms with van der Waals surface area (Å²) in [4.78, 5) is 22.1. The lowest BCUT2D eigenvalue weighted by Crippen LogP contribution is -2.68. The van der Waals surface area contributed by atoms with E-state index in [0.29, 0.717) is 16.9 Å². The van der Waals surface area contributed by atoms with Gasteiger partial charge in [0, 0.05) is 32.1 Å². The topological polar surface area (TPSA) is 60.2 Å². The highest BCUT2D eigenvalue weighted by Gasteiger charge is 2.50. The van der Waals surface area contributed by atoms with Crippen LogP contribution >= 0.6 is 0 Å². The molecule has 3 aliphatic rings. The van der Waals surface area contributed by atoms with E-state index in [1.807, 2.05) is 0 Å². The number of hydrogen-bond donors (Lipinski definition) is 1. The van der Waals surface area contributed by atoms with Crippen molar-refractivity contribution < 1.29 is 14.1 Å². The Morgan fingerprint density at radius 2 is 1.84 bits per heavy atom. The molecule has 0 saturated carbocycles. The first-order valence-electron chi connectivity index (χ1n) is 7.79. The Morgan fingerprint density at radius 1 is 1.16 bits per heavy atom. The van der Waals surface area contributed by atoms with Gasteiger partial charge in [-0.25, -0.2) is 9.28 Å². The molecule has 3 aliphatic heterocycles. The summed E-state index contributed by atoms with van der Waals surface area (Å²) in [5, 5.41) is 0. The summed E-state index contributed by atoms with van der Waals surface area (Å²) in [5.41, 5.74) is 5.69. The van der Waals surface area contributed by atoms with Gasteiger partial charge in [0.2, 0.25) is 0 Å². The summed E-state index contributed by atoms with van der Waals surface area (Å²) in [7, 11) is 0. The van der Waals surface area contributed by atoms with Crippen molar-refractivity contribution in [2.45, 2.75) is 63.8 Å². The number of hydrogen-bond acceptors (Lipinski definition) is 2. The van der Waals surface area contributed by atoms with E-state index in [9.17, 15) is 9.59 Å². The molecule has 19 heavy (non-hydrogen) atoms. The first-order chi connectivity index (χ1) is 9.19. The van der Waals surface area contributed by atoms with Crippen molar-refractivity contribution in [1.29, 1.82) is 0 Å². The molecule has 2 bridgehead atoms. The molecule has 3 saturated heterocycles. The van der Waals surface area contributed by atoms with Crippen LogP contribution in [0.4, 0.5) is 4.79 Å². The second-order valence-electron chi connectivity index (χ2n) is 6.31. The van der Waals surface area contributed by atoms with E-state index in [-0.39, 0.29) is 6.03 Å². The Bertz CT molecular complexity index is 322. The molecule has 108 valence electrons. The molecule has 0 aromatic heterocycles. The van der Waals surface area contributed by atoms with Gasteiger partial charge in [0.25, 0.3) is 0 Å². The molecule has 0 aromatic carbocycles. The van der Waals surface area contributed by atoms with Crippen molar-refractivity contribution in [3.63, 3.8) is 0 Å². The van der Waals surface area contributed by atoms with Crippen molar-refractivity contribution in [1.82, 2.24) is 0 Å². The van der Waals surface area contributed by atoms with Crippen LogP contribution in [-0.4, -0.2) is 35.9 Å². The van der Waals surface area contributed by atoms with Crippen LogP contribution in [0.2, 0.25) is 0 Å². The summed E-state index contributed by atoms with van der Waals surface area (Å²) < 4.78 is 0.560. The van der Waals surface area contributed by atoms with Gasteiger partial charge >= 0.3 is 6.03 Å². The van der Waals surface area contributed by atoms with Crippen LogP contribution in [0.3, 0.4) is 0 Å². The average molecular weight is 267 g/mol. The van der Waals surface area contributed by atoms with E-state index in [1.54, 1.807) is 0 Å². The molecule has 2 N–H and O–H groups in total. The molecule has 0 spiro atoms. The number of amides is 2. The van der Waals surface area contributed by atoms with Crippen LogP contribution in [0.25, 0.3) is 0 Å². The SMILES string of the molecule is NC(=O)[N+]12CCC(CC1)CC2CCCCCCC=O. The molecule has 0 aromatic rings. The third-order valence-electron chi connectivity index (χ3n) is 5.23. The fourth-order valence-corrected chi connectivity index (χ4v) is 4.00. The number of carbonyl (C=O) groups excluding carboxylic acids is 2. The summed E-state index contributed by atoms with van der Waals surface area (Å²) in [5.74, 6) is 0.833. The molecule has 4 heteroatoms. The molecule has 4 nitrogen and oxygen atoms in total. The van der Waals surface area contributed by atoms with E-state index in [1.165, 1.54) is 32.1 Å². The van der Waals surface area contributed by atoms with Crippen LogP contribution in [0.5, 0.6) is 0 Å². The number of nitrogens with zero attached hydrogens (tertiary/aromatic N) is 1. The molecule has 0 aliphatic carbocycles. The third kappa shape index (κ3) is 3.16. The van der Waals surface area contributed by atoms with E-state index in [4.69, 9.17) is 5.73 Å². The number of fused-ring (bicyclic) bond motifs is 3. The third-order valence-corrected chi connectivity index (χ3v) is 5.23. The van der Waals surface area contributed by atoms with Crippen LogP contribution in [0.1, 0.15) is 57.8 Å². The van der Waals surface area contributed by atoms with E-state index < -0.39 is 0 Å². The zero-order chi connectivity index (χ0) is 13.7. The van der Waals surface area contributed by atoms with Crippen LogP contribution in [0.15, 0.2) is 0 Å². The maximum atomic E-state index is 11.9. The number of carbonyl (C=O) groups is 2. The monoisotopic (exact) mass is 267 g/mol. The largest absolute Gasteiger partial charge is 0.414 e. The minimum Gasteiger partial charge on any atom is -0.319 e. The van der Waals surface area contributed by atoms with E-state index in [2.05, 4.69) is 0 Å². The number of quaternary nitrogens is 1. The van der Waals surface area contributed by atoms with Crippen molar-refractivity contribution in [3.05, 3.63) is 0 Å². The Labute approximate surface area is 115 Å². The summed E-state index contributed by atoms with van der Waals surface area (Å²) in [6, 6.07) is 0.361. The molecular formula is C15H27N2O2+. The van der Waals surface area contributed by atoms with Gasteiger partial charge in [-0.15, -0.1) is 0 Å². The van der Waals surface area contributed by atoms with Crippen LogP contribution in [-0.2, 0) is 4.79 Å². The quantitative estimate of drug-likeness (QED) is 0.438. The summed E-state index contributed by atoms with van der Waals surface area (Å²) in [6.45, 7) is 1.94. The molecule has 3 heterocycles. The second kappa shape index (κ2) is 6.51. The Kier molecular flexibility index (Phi) is 4.97. The fraction of sp³-hybridized carbons (Fsp3) is 0.867. The highest BCUT2D eigenvalue weighted by Crippen LogP contribution is 2.40. The summed E-state index contributed by atoms with van der Waals surface area (Å²) in [6.07, 6.45) is 10.8. The van der Waals surface area contributed by atoms with Gasteiger partial charge in [-0.05, 0) is 18.8 Å². The lowest BCUT2D eigenvalue weighted by atomic mass is 9.79. The van der Waals surface area contributed by atoms with Gasteiger partial charge in [0.05, 0.1) is 19.1 Å². The minimum absolute atomic E-state index is 0.107. The molecule has 0 radical (unpaired) electrons. The zero-order valence-corrected chi connectivity index (χ0v) is 11.9. The van der Waals surface area contributed by atoms with Gasteiger partial charge in [-0.2, -0.15) is 0 Å². The maximum absolute atomic E-state index is 11.9. The standard InChI is InChI=1S/C15H26N2O2/c16-15(19)17-9-7-13(8-10-17)12-14(17)6-4-2-1-3-5-11-18/h11,13-14H,1-10,12H2,(H-,16,19)/p+1. The van der Waals surface area contributed by atoms with Crippen molar-refractivity contribution in [2.24, 2.45) is 11.7 Å². The fourth-order valence-electron chi connectivity index (χ4n) is 4.00. The zero-order valence-electron chi connectivity index (χ0n) is 11.9. The van der Waals surface area contributed by atoms with Crippen molar-refractivity contribution in [3.8, 4) is 0 Å². The normalized spacial score (nSPS) is 33.3. The Balaban J connectivity index is 1.78. The van der Waals surface area contributed by atoms with Gasteiger partial charge in [-0.3, -0.25) is 0 Å². The number of unbranched alkanes of at least 4 members (excludes halogenated alkanes) is 4. The number of rotatable bonds is 7. The van der Waals surface area contributed by atoms with Gasteiger partial charge in [-0.1, -0.05) is 12.8 Å². The van der Waals surface area contributed by atoms with E-state index in [0.717, 1.165) is 44.6 Å². The van der Waals surface area contributed by atoms with E-state index >= 15 is 0 Å². The number of aldehydes is 1. The second-order valence-corrected chi connectivity index (χ2v) is 6.31. The lowest BCUT2D eigenvalue weighted by Gasteiger charge is -2.51. The first kappa shape index (κ1) is 14.5. The molecule has 1 unspecified atom stereocenters. The average Bonchev–Trinajstić information content (AvgIpc) is 2.44.